The third kappa shape index (κ3) is 3.80. The second kappa shape index (κ2) is 7.35. The van der Waals surface area contributed by atoms with Gasteiger partial charge in [0, 0.05) is 23.3 Å². The first-order valence-electron chi connectivity index (χ1n) is 8.71. The van der Waals surface area contributed by atoms with Gasteiger partial charge in [-0.3, -0.25) is 9.78 Å². The summed E-state index contributed by atoms with van der Waals surface area (Å²) in [4.78, 5) is 21.6. The summed E-state index contributed by atoms with van der Waals surface area (Å²) in [7, 11) is 0. The molecule has 0 aliphatic carbocycles. The molecule has 4 rings (SSSR count). The fourth-order valence-electron chi connectivity index (χ4n) is 3.05. The van der Waals surface area contributed by atoms with Crippen molar-refractivity contribution in [2.45, 2.75) is 6.18 Å². The SMILES string of the molecule is O=C(Nc1ccccc1C(F)(F)F)c1cc(-c2cccnc2)nc2ccccc12. The molecule has 7 heteroatoms. The lowest BCUT2D eigenvalue weighted by molar-refractivity contribution is -0.136. The highest BCUT2D eigenvalue weighted by atomic mass is 19.4. The zero-order valence-electron chi connectivity index (χ0n) is 14.9. The third-order valence-electron chi connectivity index (χ3n) is 4.40. The highest BCUT2D eigenvalue weighted by molar-refractivity contribution is 6.13. The fourth-order valence-corrected chi connectivity index (χ4v) is 3.05. The number of anilines is 1. The topological polar surface area (TPSA) is 54.9 Å². The molecule has 0 aliphatic rings. The Hall–Kier alpha value is -3.74. The zero-order valence-corrected chi connectivity index (χ0v) is 14.9. The van der Waals surface area contributed by atoms with Crippen LogP contribution < -0.4 is 5.32 Å². The summed E-state index contributed by atoms with van der Waals surface area (Å²) in [6.07, 6.45) is -1.35. The minimum atomic E-state index is -4.58. The molecule has 29 heavy (non-hydrogen) atoms. The van der Waals surface area contributed by atoms with E-state index >= 15 is 0 Å². The van der Waals surface area contributed by atoms with Gasteiger partial charge < -0.3 is 5.32 Å². The van der Waals surface area contributed by atoms with Crippen LogP contribution in [0.2, 0.25) is 0 Å². The number of fused-ring (bicyclic) bond motifs is 1. The number of amides is 1. The van der Waals surface area contributed by atoms with E-state index in [0.717, 1.165) is 6.07 Å². The largest absolute Gasteiger partial charge is 0.418 e. The third-order valence-corrected chi connectivity index (χ3v) is 4.40. The van der Waals surface area contributed by atoms with Gasteiger partial charge in [0.1, 0.15) is 0 Å². The van der Waals surface area contributed by atoms with Crippen molar-refractivity contribution in [2.75, 3.05) is 5.32 Å². The number of carbonyl (C=O) groups is 1. The minimum Gasteiger partial charge on any atom is -0.321 e. The Morgan fingerprint density at radius 2 is 1.69 bits per heavy atom. The maximum atomic E-state index is 13.3. The average molecular weight is 393 g/mol. The van der Waals surface area contributed by atoms with Gasteiger partial charge in [-0.1, -0.05) is 30.3 Å². The van der Waals surface area contributed by atoms with E-state index in [1.54, 1.807) is 54.9 Å². The number of carbonyl (C=O) groups excluding carboxylic acids is 1. The fraction of sp³-hybridized carbons (Fsp3) is 0.0455. The van der Waals surface area contributed by atoms with Crippen molar-refractivity contribution in [3.63, 3.8) is 0 Å². The average Bonchev–Trinajstić information content (AvgIpc) is 2.73. The van der Waals surface area contributed by atoms with E-state index < -0.39 is 17.6 Å². The molecular weight excluding hydrogens is 379 g/mol. The summed E-state index contributed by atoms with van der Waals surface area (Å²) >= 11 is 0. The van der Waals surface area contributed by atoms with Crippen molar-refractivity contribution in [2.24, 2.45) is 0 Å². The van der Waals surface area contributed by atoms with Crippen LogP contribution in [0.15, 0.2) is 79.1 Å². The van der Waals surface area contributed by atoms with Crippen molar-refractivity contribution in [1.82, 2.24) is 9.97 Å². The van der Waals surface area contributed by atoms with Crippen molar-refractivity contribution in [3.8, 4) is 11.3 Å². The highest BCUT2D eigenvalue weighted by Gasteiger charge is 2.33. The van der Waals surface area contributed by atoms with Crippen LogP contribution in [0.5, 0.6) is 0 Å². The van der Waals surface area contributed by atoms with Gasteiger partial charge in [0.2, 0.25) is 0 Å². The summed E-state index contributed by atoms with van der Waals surface area (Å²) in [5, 5.41) is 2.95. The van der Waals surface area contributed by atoms with Gasteiger partial charge in [0.25, 0.3) is 5.91 Å². The van der Waals surface area contributed by atoms with Gasteiger partial charge in [-0.15, -0.1) is 0 Å². The highest BCUT2D eigenvalue weighted by Crippen LogP contribution is 2.35. The van der Waals surface area contributed by atoms with Crippen LogP contribution in [0.4, 0.5) is 18.9 Å². The molecule has 2 aromatic heterocycles. The number of para-hydroxylation sites is 2. The number of pyridine rings is 2. The van der Waals surface area contributed by atoms with Crippen LogP contribution in [0.25, 0.3) is 22.2 Å². The second-order valence-electron chi connectivity index (χ2n) is 6.31. The molecule has 0 aliphatic heterocycles. The predicted molar refractivity (Wildman–Crippen MR) is 104 cm³/mol. The molecule has 4 nitrogen and oxygen atoms in total. The van der Waals surface area contributed by atoms with Gasteiger partial charge in [-0.2, -0.15) is 13.2 Å². The number of rotatable bonds is 3. The number of hydrogen-bond acceptors (Lipinski definition) is 3. The lowest BCUT2D eigenvalue weighted by Crippen LogP contribution is -2.17. The number of hydrogen-bond donors (Lipinski definition) is 1. The molecule has 144 valence electrons. The van der Waals surface area contributed by atoms with Crippen molar-refractivity contribution in [1.29, 1.82) is 0 Å². The first-order valence-corrected chi connectivity index (χ1v) is 8.71. The number of benzene rings is 2. The molecule has 0 atom stereocenters. The Morgan fingerprint density at radius 1 is 0.931 bits per heavy atom. The van der Waals surface area contributed by atoms with E-state index in [9.17, 15) is 18.0 Å². The monoisotopic (exact) mass is 393 g/mol. The molecule has 2 heterocycles. The molecule has 0 spiro atoms. The lowest BCUT2D eigenvalue weighted by atomic mass is 10.0. The molecular formula is C22H14F3N3O. The summed E-state index contributed by atoms with van der Waals surface area (Å²) in [6, 6.07) is 17.0. The van der Waals surface area contributed by atoms with Crippen LogP contribution in [0, 0.1) is 0 Å². The van der Waals surface area contributed by atoms with E-state index in [1.807, 2.05) is 0 Å². The van der Waals surface area contributed by atoms with Crippen LogP contribution in [0.3, 0.4) is 0 Å². The van der Waals surface area contributed by atoms with Crippen molar-refractivity contribution >= 4 is 22.5 Å². The molecule has 0 fully saturated rings. The van der Waals surface area contributed by atoms with E-state index in [2.05, 4.69) is 15.3 Å². The zero-order chi connectivity index (χ0) is 20.4. The molecule has 4 aromatic rings. The molecule has 1 N–H and O–H groups in total. The molecule has 1 amide bonds. The number of nitrogens with zero attached hydrogens (tertiary/aromatic N) is 2. The molecule has 0 unspecified atom stereocenters. The second-order valence-corrected chi connectivity index (χ2v) is 6.31. The number of nitrogens with one attached hydrogen (secondary N) is 1. The summed E-state index contributed by atoms with van der Waals surface area (Å²) in [5.74, 6) is -0.648. The maximum absolute atomic E-state index is 13.3. The smallest absolute Gasteiger partial charge is 0.321 e. The molecule has 0 saturated carbocycles. The molecule has 0 radical (unpaired) electrons. The van der Waals surface area contributed by atoms with Crippen LogP contribution in [-0.4, -0.2) is 15.9 Å². The Kier molecular flexibility index (Phi) is 4.72. The minimum absolute atomic E-state index is 0.228. The van der Waals surface area contributed by atoms with Gasteiger partial charge in [-0.05, 0) is 36.4 Å². The predicted octanol–water partition coefficient (Wildman–Crippen LogP) is 5.57. The van der Waals surface area contributed by atoms with Gasteiger partial charge in [0.05, 0.1) is 28.0 Å². The first kappa shape index (κ1) is 18.6. The Bertz CT molecular complexity index is 1190. The number of aromatic nitrogens is 2. The van der Waals surface area contributed by atoms with E-state index in [4.69, 9.17) is 0 Å². The van der Waals surface area contributed by atoms with Crippen molar-refractivity contribution < 1.29 is 18.0 Å². The summed E-state index contributed by atoms with van der Waals surface area (Å²) < 4.78 is 39.8. The number of halogens is 3. The Balaban J connectivity index is 1.81. The van der Waals surface area contributed by atoms with E-state index in [-0.39, 0.29) is 11.3 Å². The maximum Gasteiger partial charge on any atom is 0.418 e. The molecule has 0 saturated heterocycles. The lowest BCUT2D eigenvalue weighted by Gasteiger charge is -2.15. The summed E-state index contributed by atoms with van der Waals surface area (Å²) in [5.41, 5.74) is 0.789. The molecule has 2 aromatic carbocycles. The first-order chi connectivity index (χ1) is 13.9. The van der Waals surface area contributed by atoms with Gasteiger partial charge in [-0.25, -0.2) is 4.98 Å². The Labute approximate surface area is 164 Å². The number of alkyl halides is 3. The van der Waals surface area contributed by atoms with Gasteiger partial charge >= 0.3 is 6.18 Å². The van der Waals surface area contributed by atoms with E-state index in [0.29, 0.717) is 22.2 Å². The van der Waals surface area contributed by atoms with E-state index in [1.165, 1.54) is 18.2 Å². The van der Waals surface area contributed by atoms with Crippen molar-refractivity contribution in [3.05, 3.63) is 90.3 Å². The standard InChI is InChI=1S/C22H14F3N3O/c23-22(24,25)17-8-2-4-10-19(17)28-21(29)16-12-20(14-6-5-11-26-13-14)27-18-9-3-1-7-15(16)18/h1-13H,(H,28,29). The van der Waals surface area contributed by atoms with Crippen LogP contribution >= 0.6 is 0 Å². The van der Waals surface area contributed by atoms with Gasteiger partial charge in [0.15, 0.2) is 0 Å². The quantitative estimate of drug-likeness (QED) is 0.495. The normalized spacial score (nSPS) is 11.4. The summed E-state index contributed by atoms with van der Waals surface area (Å²) in [6.45, 7) is 0. The van der Waals surface area contributed by atoms with Crippen LogP contribution in [0.1, 0.15) is 15.9 Å². The van der Waals surface area contributed by atoms with Crippen LogP contribution in [-0.2, 0) is 6.18 Å². The Morgan fingerprint density at radius 3 is 2.45 bits per heavy atom. The molecule has 0 bridgehead atoms.